The first-order valence-electron chi connectivity index (χ1n) is 3.14. The van der Waals surface area contributed by atoms with E-state index in [1.165, 1.54) is 0 Å². The van der Waals surface area contributed by atoms with Crippen molar-refractivity contribution in [2.45, 2.75) is 13.8 Å². The van der Waals surface area contributed by atoms with Gasteiger partial charge in [-0.25, -0.2) is 4.98 Å². The van der Waals surface area contributed by atoms with Crippen LogP contribution in [0.15, 0.2) is 6.07 Å². The van der Waals surface area contributed by atoms with Crippen molar-refractivity contribution in [3.05, 3.63) is 27.5 Å². The van der Waals surface area contributed by atoms with E-state index in [0.717, 1.165) is 11.3 Å². The summed E-state index contributed by atoms with van der Waals surface area (Å²) in [6.07, 6.45) is 0. The average Bonchev–Trinajstić information content (AvgIpc) is 1.85. The fraction of sp³-hybridized carbons (Fsp3) is 0.286. The molecule has 0 aliphatic carbocycles. The van der Waals surface area contributed by atoms with Gasteiger partial charge in [-0.05, 0) is 19.9 Å². The van der Waals surface area contributed by atoms with Gasteiger partial charge < -0.3 is 0 Å². The summed E-state index contributed by atoms with van der Waals surface area (Å²) < 4.78 is 0. The highest BCUT2D eigenvalue weighted by Crippen LogP contribution is 2.26. The van der Waals surface area contributed by atoms with E-state index in [2.05, 4.69) is 9.96 Å². The second kappa shape index (κ2) is 2.85. The summed E-state index contributed by atoms with van der Waals surface area (Å²) in [5.41, 5.74) is 1.99. The molecule has 0 saturated heterocycles. The Hall–Kier alpha value is -1.14. The monoisotopic (exact) mass is 168 g/mol. The minimum atomic E-state index is 0.241. The molecule has 11 heavy (non-hydrogen) atoms. The molecule has 0 unspecified atom stereocenters. The number of nitrogens with zero attached hydrogens (tertiary/aromatic N) is 3. The lowest BCUT2D eigenvalue weighted by Gasteiger charge is -1.92. The second-order valence-corrected chi connectivity index (χ2v) is 2.68. The van der Waals surface area contributed by atoms with Crippen LogP contribution in [0.25, 0.3) is 4.98 Å². The molecule has 1 aromatic rings. The summed E-state index contributed by atoms with van der Waals surface area (Å²) in [6, 6.07) is 1.81. The molecule has 0 spiro atoms. The molecule has 4 heteroatoms. The molecule has 0 bridgehead atoms. The van der Waals surface area contributed by atoms with Gasteiger partial charge in [-0.3, -0.25) is 0 Å². The molecule has 1 rings (SSSR count). The van der Waals surface area contributed by atoms with E-state index in [1.807, 2.05) is 13.8 Å². The van der Waals surface area contributed by atoms with Gasteiger partial charge in [0.25, 0.3) is 0 Å². The Balaban J connectivity index is 3.40. The number of diazo groups is 1. The molecule has 0 aliphatic heterocycles. The summed E-state index contributed by atoms with van der Waals surface area (Å²) in [5.74, 6) is 0. The van der Waals surface area contributed by atoms with Gasteiger partial charge in [0.15, 0.2) is 4.98 Å². The highest BCUT2D eigenvalue weighted by molar-refractivity contribution is 6.32. The first-order valence-corrected chi connectivity index (χ1v) is 3.52. The summed E-state index contributed by atoms with van der Waals surface area (Å²) in [7, 11) is 0. The molecule has 0 aromatic carbocycles. The van der Waals surface area contributed by atoms with Gasteiger partial charge in [-0.1, -0.05) is 11.6 Å². The van der Waals surface area contributed by atoms with Gasteiger partial charge in [-0.15, -0.1) is 0 Å². The van der Waals surface area contributed by atoms with Crippen molar-refractivity contribution in [1.82, 2.24) is 4.98 Å². The molecule has 56 valence electrons. The van der Waals surface area contributed by atoms with Crippen LogP contribution < -0.4 is 0 Å². The summed E-state index contributed by atoms with van der Waals surface area (Å²) in [6.45, 7) is 3.65. The lowest BCUT2D eigenvalue weighted by molar-refractivity contribution is 1.18. The predicted molar refractivity (Wildman–Crippen MR) is 43.5 cm³/mol. The van der Waals surface area contributed by atoms with E-state index in [0.29, 0.717) is 5.69 Å². The third-order valence-electron chi connectivity index (χ3n) is 1.37. The molecule has 0 radical (unpaired) electrons. The Labute approximate surface area is 69.6 Å². The Morgan fingerprint density at radius 2 is 2.18 bits per heavy atom. The zero-order chi connectivity index (χ0) is 8.43. The van der Waals surface area contributed by atoms with E-state index in [-0.39, 0.29) is 5.15 Å². The topological polar surface area (TPSA) is 41.0 Å². The molecule has 1 heterocycles. The van der Waals surface area contributed by atoms with Crippen LogP contribution in [0.2, 0.25) is 5.15 Å². The quantitative estimate of drug-likeness (QED) is 0.442. The fourth-order valence-electron chi connectivity index (χ4n) is 0.905. The average molecular weight is 169 g/mol. The van der Waals surface area contributed by atoms with Crippen LogP contribution in [0.5, 0.6) is 0 Å². The second-order valence-electron chi connectivity index (χ2n) is 2.32. The minimum Gasteiger partial charge on any atom is -0.234 e. The van der Waals surface area contributed by atoms with E-state index < -0.39 is 0 Å². The molecule has 0 amide bonds. The predicted octanol–water partition coefficient (Wildman–Crippen LogP) is 2.84. The molecule has 1 aromatic heterocycles. The van der Waals surface area contributed by atoms with Crippen molar-refractivity contribution in [2.75, 3.05) is 0 Å². The lowest BCUT2D eigenvalue weighted by Crippen LogP contribution is -1.84. The van der Waals surface area contributed by atoms with Crippen LogP contribution in [-0.2, 0) is 0 Å². The number of pyridine rings is 1. The van der Waals surface area contributed by atoms with E-state index in [4.69, 9.17) is 17.0 Å². The lowest BCUT2D eigenvalue weighted by atomic mass is 10.2. The van der Waals surface area contributed by atoms with Crippen LogP contribution in [0.3, 0.4) is 0 Å². The van der Waals surface area contributed by atoms with E-state index >= 15 is 0 Å². The van der Waals surface area contributed by atoms with Gasteiger partial charge >= 0.3 is 5.69 Å². The summed E-state index contributed by atoms with van der Waals surface area (Å²) in [5, 5.41) is 8.73. The van der Waals surface area contributed by atoms with Gasteiger partial charge in [0, 0.05) is 11.3 Å². The number of hydrogen-bond acceptors (Lipinski definition) is 2. The fourth-order valence-corrected chi connectivity index (χ4v) is 1.22. The molecule has 3 nitrogen and oxygen atoms in total. The first kappa shape index (κ1) is 7.96. The minimum absolute atomic E-state index is 0.241. The maximum atomic E-state index is 8.49. The smallest absolute Gasteiger partial charge is 0.234 e. The van der Waals surface area contributed by atoms with Crippen LogP contribution in [0, 0.1) is 19.2 Å². The zero-order valence-corrected chi connectivity index (χ0v) is 7.05. The van der Waals surface area contributed by atoms with Crippen molar-refractivity contribution in [2.24, 2.45) is 0 Å². The maximum Gasteiger partial charge on any atom is 0.424 e. The largest absolute Gasteiger partial charge is 0.424 e. The van der Waals surface area contributed by atoms with Crippen molar-refractivity contribution in [3.8, 4) is 0 Å². The first-order chi connectivity index (χ1) is 5.15. The van der Waals surface area contributed by atoms with Crippen molar-refractivity contribution < 1.29 is 0 Å². The van der Waals surface area contributed by atoms with E-state index in [1.54, 1.807) is 6.07 Å². The number of aromatic nitrogens is 1. The normalized spacial score (nSPS) is 9.27. The maximum absolute atomic E-state index is 8.49. The third-order valence-corrected chi connectivity index (χ3v) is 1.63. The van der Waals surface area contributed by atoms with Crippen molar-refractivity contribution in [3.63, 3.8) is 0 Å². The number of hydrogen-bond donors (Lipinski definition) is 0. The number of halogens is 1. The molecule has 0 saturated carbocycles. The van der Waals surface area contributed by atoms with Gasteiger partial charge in [0.05, 0.1) is 0 Å². The SMILES string of the molecule is Cc1cc(C)c([N+]#N)c(Cl)n1. The Kier molecular flexibility index (Phi) is 2.06. The van der Waals surface area contributed by atoms with Crippen LogP contribution in [-0.4, -0.2) is 4.98 Å². The Bertz CT molecular complexity index is 304. The van der Waals surface area contributed by atoms with Gasteiger partial charge in [0.2, 0.25) is 10.5 Å². The summed E-state index contributed by atoms with van der Waals surface area (Å²) >= 11 is 5.67. The van der Waals surface area contributed by atoms with Crippen LogP contribution in [0.1, 0.15) is 11.3 Å². The molecule has 0 aliphatic rings. The van der Waals surface area contributed by atoms with Crippen LogP contribution >= 0.6 is 11.6 Å². The molecular formula is C7H7ClN3+. The highest BCUT2D eigenvalue weighted by atomic mass is 35.5. The Morgan fingerprint density at radius 1 is 1.55 bits per heavy atom. The number of rotatable bonds is 0. The van der Waals surface area contributed by atoms with Gasteiger partial charge in [-0.2, -0.15) is 0 Å². The molecule has 0 atom stereocenters. The number of aryl methyl sites for hydroxylation is 2. The van der Waals surface area contributed by atoms with Gasteiger partial charge in [0.1, 0.15) is 0 Å². The van der Waals surface area contributed by atoms with Crippen molar-refractivity contribution in [1.29, 1.82) is 5.39 Å². The van der Waals surface area contributed by atoms with Crippen LogP contribution in [0.4, 0.5) is 5.69 Å². The standard InChI is InChI=1S/C7H7ClN3/c1-4-3-5(2)10-7(8)6(4)11-9/h3H,1-2H3/q+1. The zero-order valence-electron chi connectivity index (χ0n) is 6.30. The third kappa shape index (κ3) is 1.47. The molecule has 0 fully saturated rings. The highest BCUT2D eigenvalue weighted by Gasteiger charge is 2.17. The molecule has 0 N–H and O–H groups in total. The summed E-state index contributed by atoms with van der Waals surface area (Å²) in [4.78, 5) is 6.93. The Morgan fingerprint density at radius 3 is 2.64 bits per heavy atom. The molecular weight excluding hydrogens is 162 g/mol. The van der Waals surface area contributed by atoms with Crippen molar-refractivity contribution >= 4 is 17.3 Å². The van der Waals surface area contributed by atoms with E-state index in [9.17, 15) is 0 Å².